The molecule has 3 atom stereocenters. The molecule has 7 rings (SSSR count). The summed E-state index contributed by atoms with van der Waals surface area (Å²) < 4.78 is 22.6. The standard InChI is InChI=1S/C32H29ClFN5O2/c33-26-8-2-5-18-4-1-7-24(27(18)26)30-28(34)31-25(15-36-30)29(20-12-22-9-10-23(13-20)37-22)38-32(39-31)41-17-21(16-40)19-6-3-11-35-14-19/h1-8,11,14-15,20-23,37,40H,9-10,12-13,16-17H2. The summed E-state index contributed by atoms with van der Waals surface area (Å²) in [5.41, 5.74) is 2.57. The first-order chi connectivity index (χ1) is 20.1. The molecule has 0 aliphatic carbocycles. The highest BCUT2D eigenvalue weighted by atomic mass is 35.5. The number of aromatic nitrogens is 4. The SMILES string of the molecule is OCC(COc1nc(C2CC3CCC(C2)N3)c2cnc(-c3cccc4cccc(Cl)c34)c(F)c2n1)c1cccnc1. The number of hydrogen-bond donors (Lipinski definition) is 2. The van der Waals surface area contributed by atoms with Crippen LogP contribution in [0.4, 0.5) is 4.39 Å². The zero-order chi connectivity index (χ0) is 27.9. The predicted molar refractivity (Wildman–Crippen MR) is 157 cm³/mol. The summed E-state index contributed by atoms with van der Waals surface area (Å²) in [7, 11) is 0. The molecule has 7 nitrogen and oxygen atoms in total. The first-order valence-electron chi connectivity index (χ1n) is 14.0. The van der Waals surface area contributed by atoms with Crippen LogP contribution in [0.5, 0.6) is 6.01 Å². The predicted octanol–water partition coefficient (Wildman–Crippen LogP) is 6.19. The molecule has 5 aromatic rings. The Bertz CT molecular complexity index is 1720. The second-order valence-electron chi connectivity index (χ2n) is 11.0. The van der Waals surface area contributed by atoms with Crippen molar-refractivity contribution in [2.75, 3.05) is 13.2 Å². The minimum absolute atomic E-state index is 0.0905. The van der Waals surface area contributed by atoms with Crippen molar-refractivity contribution in [3.8, 4) is 17.3 Å². The van der Waals surface area contributed by atoms with Crippen molar-refractivity contribution in [1.82, 2.24) is 25.3 Å². The van der Waals surface area contributed by atoms with E-state index in [1.165, 1.54) is 0 Å². The van der Waals surface area contributed by atoms with E-state index in [0.717, 1.165) is 47.7 Å². The average molecular weight is 570 g/mol. The molecule has 5 heterocycles. The second-order valence-corrected chi connectivity index (χ2v) is 11.4. The van der Waals surface area contributed by atoms with Gasteiger partial charge in [0.2, 0.25) is 0 Å². The van der Waals surface area contributed by atoms with Crippen molar-refractivity contribution in [2.45, 2.75) is 49.6 Å². The zero-order valence-electron chi connectivity index (χ0n) is 22.3. The molecular formula is C32H29ClFN5O2. The number of nitrogens with one attached hydrogen (secondary N) is 1. The molecule has 2 aromatic carbocycles. The molecule has 0 radical (unpaired) electrons. The van der Waals surface area contributed by atoms with Crippen molar-refractivity contribution in [1.29, 1.82) is 0 Å². The number of aliphatic hydroxyl groups is 1. The third kappa shape index (κ3) is 4.90. The molecule has 0 spiro atoms. The van der Waals surface area contributed by atoms with Crippen LogP contribution in [0.2, 0.25) is 5.02 Å². The van der Waals surface area contributed by atoms with Gasteiger partial charge < -0.3 is 15.2 Å². The first-order valence-corrected chi connectivity index (χ1v) is 14.4. The highest BCUT2D eigenvalue weighted by Gasteiger charge is 2.36. The Kier molecular flexibility index (Phi) is 6.98. The number of pyridine rings is 2. The van der Waals surface area contributed by atoms with Gasteiger partial charge >= 0.3 is 6.01 Å². The first kappa shape index (κ1) is 26.2. The normalized spacial score (nSPS) is 20.9. The molecule has 3 unspecified atom stereocenters. The Morgan fingerprint density at radius 1 is 1.02 bits per heavy atom. The van der Waals surface area contributed by atoms with Crippen molar-refractivity contribution in [3.63, 3.8) is 0 Å². The summed E-state index contributed by atoms with van der Waals surface area (Å²) >= 11 is 6.58. The van der Waals surface area contributed by atoms with Crippen LogP contribution < -0.4 is 10.1 Å². The van der Waals surface area contributed by atoms with E-state index in [-0.39, 0.29) is 42.3 Å². The molecule has 208 valence electrons. The van der Waals surface area contributed by atoms with E-state index < -0.39 is 5.82 Å². The van der Waals surface area contributed by atoms with E-state index >= 15 is 4.39 Å². The molecule has 2 saturated heterocycles. The topological polar surface area (TPSA) is 93.1 Å². The summed E-state index contributed by atoms with van der Waals surface area (Å²) in [5.74, 6) is -0.726. The lowest BCUT2D eigenvalue weighted by Crippen LogP contribution is -2.37. The summed E-state index contributed by atoms with van der Waals surface area (Å²) in [6.07, 6.45) is 9.18. The molecule has 3 aromatic heterocycles. The van der Waals surface area contributed by atoms with E-state index in [1.807, 2.05) is 42.5 Å². The van der Waals surface area contributed by atoms with E-state index in [2.05, 4.69) is 20.3 Å². The maximum absolute atomic E-state index is 16.5. The summed E-state index contributed by atoms with van der Waals surface area (Å²) in [5, 5.41) is 16.5. The van der Waals surface area contributed by atoms with Gasteiger partial charge in [0.25, 0.3) is 0 Å². The number of halogens is 2. The van der Waals surface area contributed by atoms with Crippen molar-refractivity contribution >= 4 is 33.3 Å². The highest BCUT2D eigenvalue weighted by Crippen LogP contribution is 2.41. The van der Waals surface area contributed by atoms with Gasteiger partial charge in [0.15, 0.2) is 5.82 Å². The minimum atomic E-state index is -0.536. The zero-order valence-corrected chi connectivity index (χ0v) is 23.1. The summed E-state index contributed by atoms with van der Waals surface area (Å²) in [6.45, 7) is -0.00282. The Morgan fingerprint density at radius 3 is 2.59 bits per heavy atom. The second kappa shape index (κ2) is 10.9. The van der Waals surface area contributed by atoms with Crippen molar-refractivity contribution in [3.05, 3.63) is 89.2 Å². The fourth-order valence-corrected chi connectivity index (χ4v) is 6.73. The van der Waals surface area contributed by atoms with Gasteiger partial charge in [-0.15, -0.1) is 0 Å². The van der Waals surface area contributed by atoms with Crippen molar-refractivity contribution < 1.29 is 14.2 Å². The molecular weight excluding hydrogens is 541 g/mol. The molecule has 2 N–H and O–H groups in total. The van der Waals surface area contributed by atoms with E-state index in [4.69, 9.17) is 21.3 Å². The maximum Gasteiger partial charge on any atom is 0.317 e. The van der Waals surface area contributed by atoms with E-state index in [0.29, 0.717) is 28.1 Å². The maximum atomic E-state index is 16.5. The molecule has 2 bridgehead atoms. The summed E-state index contributed by atoms with van der Waals surface area (Å²) in [4.78, 5) is 18.2. The molecule has 2 aliphatic rings. The lowest BCUT2D eigenvalue weighted by molar-refractivity contribution is 0.196. The molecule has 2 aliphatic heterocycles. The van der Waals surface area contributed by atoms with Gasteiger partial charge in [-0.2, -0.15) is 9.97 Å². The quantitative estimate of drug-likeness (QED) is 0.241. The van der Waals surface area contributed by atoms with Crippen molar-refractivity contribution in [2.24, 2.45) is 0 Å². The lowest BCUT2D eigenvalue weighted by Gasteiger charge is -2.29. The third-order valence-electron chi connectivity index (χ3n) is 8.45. The van der Waals surface area contributed by atoms with Crippen LogP contribution >= 0.6 is 11.6 Å². The van der Waals surface area contributed by atoms with E-state index in [1.54, 1.807) is 24.7 Å². The Labute approximate surface area is 241 Å². The van der Waals surface area contributed by atoms with Gasteiger partial charge in [0, 0.05) is 63.9 Å². The molecule has 2 fully saturated rings. The number of hydrogen-bond acceptors (Lipinski definition) is 7. The van der Waals surface area contributed by atoms with Crippen LogP contribution in [0.25, 0.3) is 32.9 Å². The molecule has 9 heteroatoms. The number of ether oxygens (including phenoxy) is 1. The van der Waals surface area contributed by atoms with Gasteiger partial charge in [-0.1, -0.05) is 48.0 Å². The number of rotatable bonds is 7. The van der Waals surface area contributed by atoms with Crippen LogP contribution in [0.3, 0.4) is 0 Å². The number of aliphatic hydroxyl groups excluding tert-OH is 1. The summed E-state index contributed by atoms with van der Waals surface area (Å²) in [6, 6.07) is 15.9. The van der Waals surface area contributed by atoms with E-state index in [9.17, 15) is 5.11 Å². The Balaban J connectivity index is 1.34. The smallest absolute Gasteiger partial charge is 0.317 e. The van der Waals surface area contributed by atoms with Crippen LogP contribution in [0.1, 0.15) is 48.8 Å². The average Bonchev–Trinajstić information content (AvgIpc) is 3.35. The van der Waals surface area contributed by atoms with Gasteiger partial charge in [-0.05, 0) is 48.8 Å². The largest absolute Gasteiger partial charge is 0.463 e. The fraction of sp³-hybridized carbons (Fsp3) is 0.312. The molecule has 0 saturated carbocycles. The lowest BCUT2D eigenvalue weighted by atomic mass is 9.88. The Morgan fingerprint density at radius 2 is 1.83 bits per heavy atom. The highest BCUT2D eigenvalue weighted by molar-refractivity contribution is 6.36. The van der Waals surface area contributed by atoms with Crippen LogP contribution in [-0.4, -0.2) is 50.3 Å². The number of fused-ring (bicyclic) bond motifs is 4. The van der Waals surface area contributed by atoms with Gasteiger partial charge in [-0.25, -0.2) is 4.39 Å². The fourth-order valence-electron chi connectivity index (χ4n) is 6.44. The van der Waals surface area contributed by atoms with Crippen LogP contribution in [0.15, 0.2) is 67.1 Å². The Hall–Kier alpha value is -3.72. The number of nitrogens with zero attached hydrogens (tertiary/aromatic N) is 4. The number of benzene rings is 2. The van der Waals surface area contributed by atoms with Crippen LogP contribution in [0, 0.1) is 5.82 Å². The minimum Gasteiger partial charge on any atom is -0.463 e. The molecule has 0 amide bonds. The van der Waals surface area contributed by atoms with Crippen LogP contribution in [-0.2, 0) is 0 Å². The van der Waals surface area contributed by atoms with Gasteiger partial charge in [0.1, 0.15) is 17.8 Å². The van der Waals surface area contributed by atoms with Gasteiger partial charge in [-0.3, -0.25) is 9.97 Å². The monoisotopic (exact) mass is 569 g/mol. The number of piperidine rings is 1. The molecule has 41 heavy (non-hydrogen) atoms. The van der Waals surface area contributed by atoms with Gasteiger partial charge in [0.05, 0.1) is 12.3 Å². The third-order valence-corrected chi connectivity index (χ3v) is 8.77.